The van der Waals surface area contributed by atoms with E-state index in [9.17, 15) is 21.6 Å². The van der Waals surface area contributed by atoms with Gasteiger partial charge >= 0.3 is 6.18 Å². The van der Waals surface area contributed by atoms with E-state index < -0.39 is 21.8 Å². The van der Waals surface area contributed by atoms with Crippen LogP contribution in [0.5, 0.6) is 0 Å². The van der Waals surface area contributed by atoms with Gasteiger partial charge in [-0.3, -0.25) is 4.72 Å². The van der Waals surface area contributed by atoms with Crippen molar-refractivity contribution >= 4 is 15.7 Å². The first-order chi connectivity index (χ1) is 8.15. The van der Waals surface area contributed by atoms with Gasteiger partial charge in [-0.25, -0.2) is 8.42 Å². The fraction of sp³-hybridized carbons (Fsp3) is 0.455. The molecule has 102 valence electrons. The van der Waals surface area contributed by atoms with Gasteiger partial charge in [0.15, 0.2) is 0 Å². The standard InChI is InChI=1S/C11H14F3NO2S/c1-3-6-18(16,17)15-10-7-9(11(12,13)14)5-4-8(10)2/h4-5,7,15H,3,6H2,1-2H3. The lowest BCUT2D eigenvalue weighted by atomic mass is 10.1. The average molecular weight is 281 g/mol. The predicted molar refractivity (Wildman–Crippen MR) is 63.9 cm³/mol. The summed E-state index contributed by atoms with van der Waals surface area (Å²) in [5.74, 6) is -0.122. The van der Waals surface area contributed by atoms with E-state index in [1.807, 2.05) is 0 Å². The molecule has 0 radical (unpaired) electrons. The molecule has 0 atom stereocenters. The lowest BCUT2D eigenvalue weighted by Gasteiger charge is -2.13. The molecule has 0 saturated carbocycles. The molecule has 0 amide bonds. The number of benzene rings is 1. The monoisotopic (exact) mass is 281 g/mol. The summed E-state index contributed by atoms with van der Waals surface area (Å²) in [4.78, 5) is 0. The number of anilines is 1. The van der Waals surface area contributed by atoms with Crippen LogP contribution in [0.2, 0.25) is 0 Å². The maximum absolute atomic E-state index is 12.5. The van der Waals surface area contributed by atoms with Crippen molar-refractivity contribution in [3.63, 3.8) is 0 Å². The van der Waals surface area contributed by atoms with Crippen molar-refractivity contribution in [3.05, 3.63) is 29.3 Å². The number of hydrogen-bond acceptors (Lipinski definition) is 2. The van der Waals surface area contributed by atoms with Crippen LogP contribution in [-0.2, 0) is 16.2 Å². The van der Waals surface area contributed by atoms with E-state index in [1.165, 1.54) is 6.07 Å². The Kier molecular flexibility index (Phi) is 4.26. The normalized spacial score (nSPS) is 12.5. The molecular weight excluding hydrogens is 267 g/mol. The Morgan fingerprint density at radius 2 is 1.89 bits per heavy atom. The molecule has 3 nitrogen and oxygen atoms in total. The van der Waals surface area contributed by atoms with Crippen LogP contribution in [0.3, 0.4) is 0 Å². The first-order valence-corrected chi connectivity index (χ1v) is 6.99. The smallest absolute Gasteiger partial charge is 0.283 e. The fourth-order valence-electron chi connectivity index (χ4n) is 1.40. The largest absolute Gasteiger partial charge is 0.416 e. The van der Waals surface area contributed by atoms with Crippen LogP contribution >= 0.6 is 0 Å². The SMILES string of the molecule is CCCS(=O)(=O)Nc1cc(C(F)(F)F)ccc1C. The van der Waals surface area contributed by atoms with Gasteiger partial charge < -0.3 is 0 Å². The van der Waals surface area contributed by atoms with Gasteiger partial charge in [0.2, 0.25) is 10.0 Å². The highest BCUT2D eigenvalue weighted by atomic mass is 32.2. The second-order valence-electron chi connectivity index (χ2n) is 3.95. The van der Waals surface area contributed by atoms with Gasteiger partial charge in [0.25, 0.3) is 0 Å². The van der Waals surface area contributed by atoms with Crippen LogP contribution in [0, 0.1) is 6.92 Å². The van der Waals surface area contributed by atoms with Crippen molar-refractivity contribution in [1.29, 1.82) is 0 Å². The van der Waals surface area contributed by atoms with Crippen LogP contribution < -0.4 is 4.72 Å². The predicted octanol–water partition coefficient (Wildman–Crippen LogP) is 3.17. The van der Waals surface area contributed by atoms with Crippen molar-refractivity contribution in [2.24, 2.45) is 0 Å². The van der Waals surface area contributed by atoms with Crippen LogP contribution in [0.4, 0.5) is 18.9 Å². The Hall–Kier alpha value is -1.24. The number of sulfonamides is 1. The Labute approximate surface area is 104 Å². The summed E-state index contributed by atoms with van der Waals surface area (Å²) in [6, 6.07) is 2.97. The van der Waals surface area contributed by atoms with Gasteiger partial charge in [-0.2, -0.15) is 13.2 Å². The van der Waals surface area contributed by atoms with E-state index in [1.54, 1.807) is 13.8 Å². The minimum atomic E-state index is -4.49. The molecule has 7 heteroatoms. The topological polar surface area (TPSA) is 46.2 Å². The van der Waals surface area contributed by atoms with Crippen LogP contribution in [0.1, 0.15) is 24.5 Å². The number of nitrogens with one attached hydrogen (secondary N) is 1. The third kappa shape index (κ3) is 3.90. The highest BCUT2D eigenvalue weighted by Gasteiger charge is 2.31. The Balaban J connectivity index is 3.10. The average Bonchev–Trinajstić information content (AvgIpc) is 2.19. The molecule has 0 heterocycles. The molecule has 1 rings (SSSR count). The van der Waals surface area contributed by atoms with Crippen molar-refractivity contribution in [3.8, 4) is 0 Å². The highest BCUT2D eigenvalue weighted by molar-refractivity contribution is 7.92. The van der Waals surface area contributed by atoms with E-state index in [4.69, 9.17) is 0 Å². The zero-order valence-electron chi connectivity index (χ0n) is 10.0. The summed E-state index contributed by atoms with van der Waals surface area (Å²) in [6.45, 7) is 3.22. The molecule has 0 saturated heterocycles. The number of hydrogen-bond donors (Lipinski definition) is 1. The van der Waals surface area contributed by atoms with Gasteiger partial charge in [0, 0.05) is 0 Å². The van der Waals surface area contributed by atoms with E-state index in [0.717, 1.165) is 12.1 Å². The van der Waals surface area contributed by atoms with Crippen LogP contribution in [0.15, 0.2) is 18.2 Å². The maximum atomic E-state index is 12.5. The molecular formula is C11H14F3NO2S. The van der Waals surface area contributed by atoms with E-state index >= 15 is 0 Å². The lowest BCUT2D eigenvalue weighted by Crippen LogP contribution is -2.17. The van der Waals surface area contributed by atoms with E-state index in [-0.39, 0.29) is 11.4 Å². The molecule has 0 bridgehead atoms. The molecule has 0 aliphatic carbocycles. The molecule has 18 heavy (non-hydrogen) atoms. The second-order valence-corrected chi connectivity index (χ2v) is 5.79. The van der Waals surface area contributed by atoms with Crippen LogP contribution in [-0.4, -0.2) is 14.2 Å². The van der Waals surface area contributed by atoms with E-state index in [2.05, 4.69) is 4.72 Å². The van der Waals surface area contributed by atoms with E-state index in [0.29, 0.717) is 12.0 Å². The van der Waals surface area contributed by atoms with Crippen molar-refractivity contribution in [2.75, 3.05) is 10.5 Å². The minimum absolute atomic E-state index is 0.0294. The molecule has 1 aromatic rings. The van der Waals surface area contributed by atoms with Crippen molar-refractivity contribution < 1.29 is 21.6 Å². The second kappa shape index (κ2) is 5.17. The quantitative estimate of drug-likeness (QED) is 0.921. The molecule has 0 aromatic heterocycles. The Bertz CT molecular complexity index is 524. The summed E-state index contributed by atoms with van der Waals surface area (Å²) >= 11 is 0. The fourth-order valence-corrected chi connectivity index (χ4v) is 2.59. The highest BCUT2D eigenvalue weighted by Crippen LogP contribution is 2.32. The van der Waals surface area contributed by atoms with Gasteiger partial charge in [-0.05, 0) is 31.0 Å². The first kappa shape index (κ1) is 14.8. The van der Waals surface area contributed by atoms with Gasteiger partial charge in [-0.15, -0.1) is 0 Å². The molecule has 0 spiro atoms. The first-order valence-electron chi connectivity index (χ1n) is 5.34. The zero-order valence-corrected chi connectivity index (χ0v) is 10.8. The molecule has 0 fully saturated rings. The summed E-state index contributed by atoms with van der Waals surface area (Å²) in [6.07, 6.45) is -4.09. The molecule has 0 aliphatic rings. The van der Waals surface area contributed by atoms with Gasteiger partial charge in [0.05, 0.1) is 17.0 Å². The molecule has 1 aromatic carbocycles. The third-order valence-corrected chi connectivity index (χ3v) is 3.78. The molecule has 0 unspecified atom stereocenters. The lowest BCUT2D eigenvalue weighted by molar-refractivity contribution is -0.137. The summed E-state index contributed by atoms with van der Waals surface area (Å²) in [5.41, 5.74) is -0.455. The third-order valence-electron chi connectivity index (χ3n) is 2.30. The maximum Gasteiger partial charge on any atom is 0.416 e. The minimum Gasteiger partial charge on any atom is -0.283 e. The number of halogens is 3. The van der Waals surface area contributed by atoms with Crippen molar-refractivity contribution in [2.45, 2.75) is 26.4 Å². The Morgan fingerprint density at radius 3 is 2.39 bits per heavy atom. The summed E-state index contributed by atoms with van der Waals surface area (Å²) < 4.78 is 62.7. The summed E-state index contributed by atoms with van der Waals surface area (Å²) in [7, 11) is -3.59. The number of rotatable bonds is 4. The number of aryl methyl sites for hydroxylation is 1. The molecule has 1 N–H and O–H groups in total. The van der Waals surface area contributed by atoms with Gasteiger partial charge in [0.1, 0.15) is 0 Å². The van der Waals surface area contributed by atoms with Crippen molar-refractivity contribution in [1.82, 2.24) is 0 Å². The molecule has 0 aliphatic heterocycles. The van der Waals surface area contributed by atoms with Crippen LogP contribution in [0.25, 0.3) is 0 Å². The van der Waals surface area contributed by atoms with Gasteiger partial charge in [-0.1, -0.05) is 13.0 Å². The number of alkyl halides is 3. The Morgan fingerprint density at radius 1 is 1.28 bits per heavy atom. The summed E-state index contributed by atoms with van der Waals surface area (Å²) in [5, 5.41) is 0. The zero-order chi connectivity index (χ0) is 14.0.